The summed E-state index contributed by atoms with van der Waals surface area (Å²) in [6.45, 7) is 0. The van der Waals surface area contributed by atoms with Gasteiger partial charge in [0.1, 0.15) is 17.3 Å². The summed E-state index contributed by atoms with van der Waals surface area (Å²) >= 11 is 6.39. The molecule has 0 spiro atoms. The Labute approximate surface area is 337 Å². The van der Waals surface area contributed by atoms with Crippen LogP contribution in [-0.4, -0.2) is 46.6 Å². The Bertz CT molecular complexity index is 2550. The van der Waals surface area contributed by atoms with Gasteiger partial charge in [-0.1, -0.05) is 71.8 Å². The van der Waals surface area contributed by atoms with Gasteiger partial charge in [0, 0.05) is 33.7 Å². The number of halogens is 2. The third-order valence-corrected chi connectivity index (χ3v) is 12.5. The largest absolute Gasteiger partial charge is 0.508 e. The Kier molecular flexibility index (Phi) is 9.00. The van der Waals surface area contributed by atoms with Gasteiger partial charge in [-0.15, -0.1) is 0 Å². The van der Waals surface area contributed by atoms with Crippen molar-refractivity contribution in [2.75, 3.05) is 17.4 Å². The van der Waals surface area contributed by atoms with E-state index in [9.17, 15) is 28.7 Å². The normalized spacial score (nSPS) is 24.9. The number of nitrogens with one attached hydrogen (secondary N) is 1. The molecular formula is C46H35ClFN3O7. The molecule has 0 aromatic heterocycles. The first-order chi connectivity index (χ1) is 28.0. The van der Waals surface area contributed by atoms with Gasteiger partial charge in [0.2, 0.25) is 11.8 Å². The zero-order valence-electron chi connectivity index (χ0n) is 31.0. The van der Waals surface area contributed by atoms with E-state index in [4.69, 9.17) is 16.3 Å². The van der Waals surface area contributed by atoms with E-state index in [0.29, 0.717) is 44.2 Å². The molecule has 3 fully saturated rings. The van der Waals surface area contributed by atoms with Gasteiger partial charge in [-0.3, -0.25) is 34.3 Å². The summed E-state index contributed by atoms with van der Waals surface area (Å²) in [6.07, 6.45) is 2.14. The minimum absolute atomic E-state index is 0.0378. The van der Waals surface area contributed by atoms with Crippen molar-refractivity contribution < 1.29 is 38.2 Å². The molecule has 2 heterocycles. The number of phenolic OH excluding ortho intramolecular Hbond substituents is 1. The number of ketones is 1. The van der Waals surface area contributed by atoms with E-state index in [2.05, 4.69) is 5.43 Å². The van der Waals surface area contributed by atoms with Gasteiger partial charge < -0.3 is 9.84 Å². The van der Waals surface area contributed by atoms with Crippen molar-refractivity contribution in [3.8, 4) is 11.5 Å². The second kappa shape index (κ2) is 14.1. The lowest BCUT2D eigenvalue weighted by Gasteiger charge is -2.50. The summed E-state index contributed by atoms with van der Waals surface area (Å²) < 4.78 is 19.8. The predicted molar refractivity (Wildman–Crippen MR) is 212 cm³/mol. The van der Waals surface area contributed by atoms with E-state index in [1.807, 2.05) is 12.1 Å². The Balaban J connectivity index is 1.17. The Morgan fingerprint density at radius 2 is 1.52 bits per heavy atom. The van der Waals surface area contributed by atoms with E-state index >= 15 is 4.79 Å². The fraction of sp³-hybridized carbons (Fsp3) is 0.196. The predicted octanol–water partition coefficient (Wildman–Crippen LogP) is 7.61. The maximum atomic E-state index is 15.4. The fourth-order valence-corrected chi connectivity index (χ4v) is 9.84. The van der Waals surface area contributed by atoms with Crippen LogP contribution in [-0.2, 0) is 24.6 Å². The van der Waals surface area contributed by atoms with Crippen LogP contribution in [0.2, 0.25) is 5.02 Å². The van der Waals surface area contributed by atoms with Gasteiger partial charge in [-0.05, 0) is 91.1 Å². The number of carbonyl (C=O) groups is 5. The number of ether oxygens (including phenoxy) is 1. The maximum Gasteiger partial charge on any atom is 0.260 e. The van der Waals surface area contributed by atoms with Crippen LogP contribution in [0.15, 0.2) is 133 Å². The molecule has 290 valence electrons. The van der Waals surface area contributed by atoms with Crippen LogP contribution in [0, 0.1) is 29.5 Å². The number of hydrogen-bond donors (Lipinski definition) is 2. The zero-order valence-corrected chi connectivity index (χ0v) is 31.7. The van der Waals surface area contributed by atoms with Gasteiger partial charge in [0.25, 0.3) is 11.8 Å². The molecule has 0 radical (unpaired) electrons. The second-order valence-corrected chi connectivity index (χ2v) is 15.5. The summed E-state index contributed by atoms with van der Waals surface area (Å²) in [6, 6.07) is 31.7. The molecule has 5 aromatic carbocycles. The average molecular weight is 796 g/mol. The number of rotatable bonds is 8. The quantitative estimate of drug-likeness (QED) is 0.0932. The Hall–Kier alpha value is -6.59. The molecule has 0 bridgehead atoms. The van der Waals surface area contributed by atoms with E-state index < -0.39 is 64.5 Å². The van der Waals surface area contributed by atoms with Crippen molar-refractivity contribution in [3.63, 3.8) is 0 Å². The van der Waals surface area contributed by atoms with Crippen LogP contribution >= 0.6 is 11.6 Å². The highest BCUT2D eigenvalue weighted by Gasteiger charge is 2.70. The monoisotopic (exact) mass is 795 g/mol. The third-order valence-electron chi connectivity index (χ3n) is 12.2. The number of fused-ring (bicyclic) bond motifs is 4. The minimum atomic E-state index is -1.62. The lowest BCUT2D eigenvalue weighted by Crippen LogP contribution is -2.53. The van der Waals surface area contributed by atoms with E-state index in [-0.39, 0.29) is 30.1 Å². The van der Waals surface area contributed by atoms with Gasteiger partial charge in [-0.25, -0.2) is 4.39 Å². The van der Waals surface area contributed by atoms with Crippen LogP contribution < -0.4 is 15.1 Å². The highest BCUT2D eigenvalue weighted by Crippen LogP contribution is 2.65. The molecule has 12 heteroatoms. The van der Waals surface area contributed by atoms with E-state index in [0.717, 1.165) is 5.01 Å². The lowest BCUT2D eigenvalue weighted by molar-refractivity contribution is -0.138. The number of nitrogens with zero attached hydrogens (tertiary/aromatic N) is 2. The number of imide groups is 2. The number of phenols is 1. The van der Waals surface area contributed by atoms with Crippen molar-refractivity contribution in [2.24, 2.45) is 23.7 Å². The van der Waals surface area contributed by atoms with Crippen LogP contribution in [0.5, 0.6) is 11.5 Å². The van der Waals surface area contributed by atoms with Gasteiger partial charge in [0.15, 0.2) is 5.78 Å². The van der Waals surface area contributed by atoms with Crippen LogP contribution in [0.1, 0.15) is 45.8 Å². The summed E-state index contributed by atoms with van der Waals surface area (Å²) in [7, 11) is 1.44. The molecule has 4 amide bonds. The minimum Gasteiger partial charge on any atom is -0.508 e. The molecule has 2 aliphatic carbocycles. The molecule has 2 N–H and O–H groups in total. The first-order valence-electron chi connectivity index (χ1n) is 18.8. The summed E-state index contributed by atoms with van der Waals surface area (Å²) in [5.41, 5.74) is 4.50. The number of allylic oxidation sites excluding steroid dienone is 2. The number of aromatic hydroxyl groups is 1. The highest BCUT2D eigenvalue weighted by molar-refractivity contribution is 6.30. The van der Waals surface area contributed by atoms with Crippen LogP contribution in [0.25, 0.3) is 0 Å². The first kappa shape index (κ1) is 37.0. The second-order valence-electron chi connectivity index (χ2n) is 15.1. The van der Waals surface area contributed by atoms with Crippen molar-refractivity contribution in [2.45, 2.75) is 24.2 Å². The molecule has 0 unspecified atom stereocenters. The Morgan fingerprint density at radius 1 is 0.828 bits per heavy atom. The number of amides is 4. The molecule has 2 saturated heterocycles. The van der Waals surface area contributed by atoms with Gasteiger partial charge in [0.05, 0.1) is 41.7 Å². The first-order valence-corrected chi connectivity index (χ1v) is 19.2. The van der Waals surface area contributed by atoms with E-state index in [1.165, 1.54) is 48.4 Å². The zero-order chi connectivity index (χ0) is 40.5. The fourth-order valence-electron chi connectivity index (χ4n) is 9.71. The highest BCUT2D eigenvalue weighted by atomic mass is 35.5. The third kappa shape index (κ3) is 5.63. The summed E-state index contributed by atoms with van der Waals surface area (Å²) in [4.78, 5) is 73.6. The van der Waals surface area contributed by atoms with Crippen LogP contribution in [0.3, 0.4) is 0 Å². The van der Waals surface area contributed by atoms with E-state index in [1.54, 1.807) is 78.9 Å². The van der Waals surface area contributed by atoms with Crippen molar-refractivity contribution >= 4 is 52.4 Å². The SMILES string of the molecule is COc1cc(O)ccc1[C@H]1C2=CC[C@@H]3C(=O)N(c4ccc(C(=O)c5ccccc5)cc4)C(=O)[C@@H]3[C@@H]2C[C@H]2C(=O)N(Nc3ccc(F)cc3)C(=O)[C@@]12c1ccc(Cl)cc1. The average Bonchev–Trinajstić information content (AvgIpc) is 3.62. The molecular weight excluding hydrogens is 761 g/mol. The molecule has 58 heavy (non-hydrogen) atoms. The number of carbonyl (C=O) groups excluding carboxylic acids is 5. The summed E-state index contributed by atoms with van der Waals surface area (Å²) in [5.74, 6) is -6.82. The molecule has 2 aliphatic heterocycles. The molecule has 6 atom stereocenters. The number of anilines is 2. The number of benzene rings is 5. The smallest absolute Gasteiger partial charge is 0.260 e. The Morgan fingerprint density at radius 3 is 2.21 bits per heavy atom. The molecule has 4 aliphatic rings. The van der Waals surface area contributed by atoms with Crippen molar-refractivity contribution in [1.82, 2.24) is 5.01 Å². The molecule has 5 aromatic rings. The van der Waals surface area contributed by atoms with Crippen molar-refractivity contribution in [1.29, 1.82) is 0 Å². The maximum absolute atomic E-state index is 15.4. The van der Waals surface area contributed by atoms with Gasteiger partial charge in [-0.2, -0.15) is 5.01 Å². The summed E-state index contributed by atoms with van der Waals surface area (Å²) in [5, 5.41) is 11.9. The van der Waals surface area contributed by atoms with Crippen molar-refractivity contribution in [3.05, 3.63) is 166 Å². The standard InChI is InChI=1S/C46H35ClFN3O7/c1-58-38-23-32(52)19-20-34(38)40-33-21-22-35-39(44(56)50(42(35)54)31-17-7-26(8-18-31)41(53)25-5-3-2-4-6-25)36(33)24-37-43(55)51(49-30-15-13-29(48)14-16-30)45(57)46(37,40)27-9-11-28(47)12-10-27/h2-21,23,35-37,39-40,49,52H,22,24H2,1H3/t35-,36+,37-,39-,40+,46+/m0/s1. The molecule has 1 saturated carbocycles. The molecule has 9 rings (SSSR count). The topological polar surface area (TPSA) is 133 Å². The molecule has 10 nitrogen and oxygen atoms in total. The lowest BCUT2D eigenvalue weighted by atomic mass is 9.49. The van der Waals surface area contributed by atoms with Crippen LogP contribution in [0.4, 0.5) is 15.8 Å². The number of hydrazine groups is 1. The van der Waals surface area contributed by atoms with Gasteiger partial charge >= 0.3 is 0 Å². The number of methoxy groups -OCH3 is 1. The number of hydrogen-bond acceptors (Lipinski definition) is 8.